The summed E-state index contributed by atoms with van der Waals surface area (Å²) in [5.41, 5.74) is 2.17. The van der Waals surface area contributed by atoms with Crippen LogP contribution in [0.15, 0.2) is 29.7 Å². The molecule has 1 heterocycles. The lowest BCUT2D eigenvalue weighted by Gasteiger charge is -2.19. The standard InChI is InChI=1S/C16H18ClNO3S/c1-10-7-13-12(3-2-4-14(13)17)16(10)18-15(19)8-11-5-6-22(20,21)9-11/h2-6,10-11,16H,7-9H2,1H3,(H,18,19)/t10-,11?,16-/m1/s1. The van der Waals surface area contributed by atoms with Crippen LogP contribution in [-0.4, -0.2) is 20.1 Å². The molecule has 0 saturated heterocycles. The Morgan fingerprint density at radius 3 is 2.86 bits per heavy atom. The predicted molar refractivity (Wildman–Crippen MR) is 86.2 cm³/mol. The molecule has 1 aromatic carbocycles. The van der Waals surface area contributed by atoms with Gasteiger partial charge in [-0.05, 0) is 29.5 Å². The number of rotatable bonds is 3. The average molecular weight is 340 g/mol. The molecule has 1 amide bonds. The molecule has 3 atom stereocenters. The smallest absolute Gasteiger partial charge is 0.221 e. The highest BCUT2D eigenvalue weighted by Gasteiger charge is 2.32. The van der Waals surface area contributed by atoms with Crippen LogP contribution in [0.1, 0.15) is 30.5 Å². The molecule has 0 bridgehead atoms. The van der Waals surface area contributed by atoms with E-state index in [1.165, 1.54) is 5.41 Å². The first-order chi connectivity index (χ1) is 10.4. The second kappa shape index (κ2) is 5.70. The topological polar surface area (TPSA) is 63.2 Å². The molecule has 0 radical (unpaired) electrons. The molecule has 1 aliphatic heterocycles. The second-order valence-corrected chi connectivity index (χ2v) is 8.49. The summed E-state index contributed by atoms with van der Waals surface area (Å²) in [4.78, 5) is 12.2. The molecular weight excluding hydrogens is 322 g/mol. The fraction of sp³-hybridized carbons (Fsp3) is 0.438. The maximum absolute atomic E-state index is 12.2. The van der Waals surface area contributed by atoms with Crippen molar-refractivity contribution in [3.63, 3.8) is 0 Å². The SMILES string of the molecule is C[C@@H]1Cc2c(Cl)cccc2[C@@H]1NC(=O)CC1C=CS(=O)(=O)C1. The van der Waals surface area contributed by atoms with Gasteiger partial charge in [0.25, 0.3) is 0 Å². The number of carbonyl (C=O) groups excluding carboxylic acids is 1. The highest BCUT2D eigenvalue weighted by Crippen LogP contribution is 2.39. The Bertz CT molecular complexity index is 742. The third kappa shape index (κ3) is 3.06. The van der Waals surface area contributed by atoms with E-state index >= 15 is 0 Å². The highest BCUT2D eigenvalue weighted by molar-refractivity contribution is 7.94. The Morgan fingerprint density at radius 2 is 2.18 bits per heavy atom. The van der Waals surface area contributed by atoms with Gasteiger partial charge >= 0.3 is 0 Å². The van der Waals surface area contributed by atoms with E-state index in [4.69, 9.17) is 11.6 Å². The molecule has 6 heteroatoms. The van der Waals surface area contributed by atoms with Gasteiger partial charge in [-0.1, -0.05) is 36.7 Å². The van der Waals surface area contributed by atoms with E-state index in [9.17, 15) is 13.2 Å². The molecule has 0 aromatic heterocycles. The maximum atomic E-state index is 12.2. The molecule has 118 valence electrons. The number of amides is 1. The van der Waals surface area contributed by atoms with Crippen molar-refractivity contribution in [3.05, 3.63) is 45.8 Å². The van der Waals surface area contributed by atoms with Crippen molar-refractivity contribution >= 4 is 27.3 Å². The molecule has 22 heavy (non-hydrogen) atoms. The Kier molecular flexibility index (Phi) is 4.03. The predicted octanol–water partition coefficient (Wildman–Crippen LogP) is 2.64. The largest absolute Gasteiger partial charge is 0.349 e. The van der Waals surface area contributed by atoms with Gasteiger partial charge < -0.3 is 5.32 Å². The van der Waals surface area contributed by atoms with Crippen LogP contribution in [-0.2, 0) is 21.1 Å². The number of hydrogen-bond donors (Lipinski definition) is 1. The first-order valence-electron chi connectivity index (χ1n) is 7.33. The van der Waals surface area contributed by atoms with Crippen LogP contribution in [0.3, 0.4) is 0 Å². The van der Waals surface area contributed by atoms with E-state index in [1.54, 1.807) is 6.08 Å². The van der Waals surface area contributed by atoms with Crippen LogP contribution in [0.25, 0.3) is 0 Å². The molecule has 4 nitrogen and oxygen atoms in total. The van der Waals surface area contributed by atoms with Crippen molar-refractivity contribution in [1.29, 1.82) is 0 Å². The van der Waals surface area contributed by atoms with Crippen LogP contribution in [0.4, 0.5) is 0 Å². The fourth-order valence-electron chi connectivity index (χ4n) is 3.29. The van der Waals surface area contributed by atoms with Gasteiger partial charge in [0.15, 0.2) is 9.84 Å². The zero-order chi connectivity index (χ0) is 15.9. The Morgan fingerprint density at radius 1 is 1.41 bits per heavy atom. The summed E-state index contributed by atoms with van der Waals surface area (Å²) < 4.78 is 22.8. The summed E-state index contributed by atoms with van der Waals surface area (Å²) in [5.74, 6) is -0.0260. The summed E-state index contributed by atoms with van der Waals surface area (Å²) in [6.07, 6.45) is 2.66. The third-order valence-corrected chi connectivity index (χ3v) is 6.17. The monoisotopic (exact) mass is 339 g/mol. The number of benzene rings is 1. The number of nitrogens with one attached hydrogen (secondary N) is 1. The first-order valence-corrected chi connectivity index (χ1v) is 9.42. The number of fused-ring (bicyclic) bond motifs is 1. The van der Waals surface area contributed by atoms with Crippen molar-refractivity contribution < 1.29 is 13.2 Å². The van der Waals surface area contributed by atoms with Crippen molar-refractivity contribution in [3.8, 4) is 0 Å². The molecule has 0 fully saturated rings. The fourth-order valence-corrected chi connectivity index (χ4v) is 4.94. The summed E-state index contributed by atoms with van der Waals surface area (Å²) in [5, 5.41) is 4.99. The van der Waals surface area contributed by atoms with Crippen molar-refractivity contribution in [2.24, 2.45) is 11.8 Å². The number of halogens is 1. The van der Waals surface area contributed by atoms with Gasteiger partial charge in [0, 0.05) is 22.8 Å². The van der Waals surface area contributed by atoms with Crippen LogP contribution < -0.4 is 5.32 Å². The normalized spacial score (nSPS) is 28.5. The lowest BCUT2D eigenvalue weighted by molar-refractivity contribution is -0.122. The van der Waals surface area contributed by atoms with Gasteiger partial charge in [-0.2, -0.15) is 0 Å². The summed E-state index contributed by atoms with van der Waals surface area (Å²) in [7, 11) is -3.11. The zero-order valence-corrected chi connectivity index (χ0v) is 13.8. The Labute approximate surface area is 135 Å². The molecular formula is C16H18ClNO3S. The molecule has 1 aromatic rings. The van der Waals surface area contributed by atoms with Crippen molar-refractivity contribution in [2.45, 2.75) is 25.8 Å². The van der Waals surface area contributed by atoms with E-state index in [1.807, 2.05) is 18.2 Å². The Hall–Kier alpha value is -1.33. The van der Waals surface area contributed by atoms with Gasteiger partial charge in [0.1, 0.15) is 0 Å². The zero-order valence-electron chi connectivity index (χ0n) is 12.3. The highest BCUT2D eigenvalue weighted by atomic mass is 35.5. The molecule has 1 N–H and O–H groups in total. The summed E-state index contributed by atoms with van der Waals surface area (Å²) in [6, 6.07) is 5.70. The van der Waals surface area contributed by atoms with Crippen LogP contribution in [0, 0.1) is 11.8 Å². The maximum Gasteiger partial charge on any atom is 0.221 e. The molecule has 3 rings (SSSR count). The summed E-state index contributed by atoms with van der Waals surface area (Å²) >= 11 is 6.22. The Balaban J connectivity index is 1.68. The minimum Gasteiger partial charge on any atom is -0.349 e. The minimum atomic E-state index is -3.11. The lowest BCUT2D eigenvalue weighted by atomic mass is 10.0. The molecule has 0 saturated carbocycles. The van der Waals surface area contributed by atoms with E-state index < -0.39 is 9.84 Å². The van der Waals surface area contributed by atoms with Crippen molar-refractivity contribution in [2.75, 3.05) is 5.75 Å². The summed E-state index contributed by atoms with van der Waals surface area (Å²) in [6.45, 7) is 2.08. The first kappa shape index (κ1) is 15.6. The van der Waals surface area contributed by atoms with Crippen molar-refractivity contribution in [1.82, 2.24) is 5.32 Å². The van der Waals surface area contributed by atoms with E-state index in [0.717, 1.165) is 22.6 Å². The lowest BCUT2D eigenvalue weighted by Crippen LogP contribution is -2.32. The quantitative estimate of drug-likeness (QED) is 0.920. The van der Waals surface area contributed by atoms with Crippen LogP contribution in [0.5, 0.6) is 0 Å². The van der Waals surface area contributed by atoms with E-state index in [-0.39, 0.29) is 36.0 Å². The molecule has 0 spiro atoms. The third-order valence-electron chi connectivity index (χ3n) is 4.35. The van der Waals surface area contributed by atoms with E-state index in [2.05, 4.69) is 12.2 Å². The van der Waals surface area contributed by atoms with Gasteiger partial charge in [-0.25, -0.2) is 8.42 Å². The van der Waals surface area contributed by atoms with Gasteiger partial charge in [-0.3, -0.25) is 4.79 Å². The molecule has 2 aliphatic rings. The van der Waals surface area contributed by atoms with Gasteiger partial charge in [-0.15, -0.1) is 0 Å². The van der Waals surface area contributed by atoms with Crippen LogP contribution >= 0.6 is 11.6 Å². The average Bonchev–Trinajstić information content (AvgIpc) is 2.92. The second-order valence-electron chi connectivity index (χ2n) is 6.16. The number of carbonyl (C=O) groups is 1. The van der Waals surface area contributed by atoms with Gasteiger partial charge in [0.2, 0.25) is 5.91 Å². The van der Waals surface area contributed by atoms with Gasteiger partial charge in [0.05, 0.1) is 11.8 Å². The molecule has 1 aliphatic carbocycles. The minimum absolute atomic E-state index is 0.0308. The van der Waals surface area contributed by atoms with Crippen LogP contribution in [0.2, 0.25) is 5.02 Å². The number of hydrogen-bond acceptors (Lipinski definition) is 3. The molecule has 1 unspecified atom stereocenters. The number of sulfone groups is 1. The number of allylic oxidation sites excluding steroid dienone is 1. The van der Waals surface area contributed by atoms with E-state index in [0.29, 0.717) is 0 Å².